The Labute approximate surface area is 109 Å². The van der Waals surface area contributed by atoms with Crippen molar-refractivity contribution in [3.63, 3.8) is 0 Å². The van der Waals surface area contributed by atoms with Crippen molar-refractivity contribution < 1.29 is 0 Å². The normalized spacial score (nSPS) is 22.7. The van der Waals surface area contributed by atoms with E-state index in [1.165, 1.54) is 57.8 Å². The van der Waals surface area contributed by atoms with Gasteiger partial charge in [0.15, 0.2) is 0 Å². The smallest absolute Gasteiger partial charge is 0.147 e. The summed E-state index contributed by atoms with van der Waals surface area (Å²) in [6.45, 7) is 0.890. The molecule has 2 aliphatic carbocycles. The molecule has 0 spiro atoms. The van der Waals surface area contributed by atoms with Gasteiger partial charge in [0.2, 0.25) is 0 Å². The maximum absolute atomic E-state index is 4.30. The van der Waals surface area contributed by atoms with Crippen LogP contribution in [0.2, 0.25) is 0 Å². The first-order chi connectivity index (χ1) is 8.93. The average Bonchev–Trinajstić information content (AvgIpc) is 3.09. The molecular formula is C14H24N4. The second kappa shape index (κ2) is 5.83. The lowest BCUT2D eigenvalue weighted by atomic mass is 9.95. The Morgan fingerprint density at radius 3 is 2.56 bits per heavy atom. The lowest BCUT2D eigenvalue weighted by molar-refractivity contribution is 0.341. The maximum atomic E-state index is 4.30. The van der Waals surface area contributed by atoms with E-state index in [1.807, 2.05) is 6.33 Å². The molecule has 4 heteroatoms. The molecule has 0 amide bonds. The van der Waals surface area contributed by atoms with Gasteiger partial charge in [-0.1, -0.05) is 32.1 Å². The van der Waals surface area contributed by atoms with Gasteiger partial charge in [-0.05, 0) is 25.7 Å². The van der Waals surface area contributed by atoms with E-state index >= 15 is 0 Å². The minimum absolute atomic E-state index is 0.647. The van der Waals surface area contributed by atoms with Gasteiger partial charge >= 0.3 is 0 Å². The molecule has 18 heavy (non-hydrogen) atoms. The number of nitrogens with zero attached hydrogens (tertiary/aromatic N) is 3. The summed E-state index contributed by atoms with van der Waals surface area (Å²) >= 11 is 0. The van der Waals surface area contributed by atoms with Crippen LogP contribution in [-0.4, -0.2) is 20.8 Å². The van der Waals surface area contributed by atoms with Crippen LogP contribution in [0, 0.1) is 0 Å². The van der Waals surface area contributed by atoms with E-state index in [2.05, 4.69) is 20.1 Å². The largest absolute Gasteiger partial charge is 0.313 e. The minimum atomic E-state index is 0.647. The van der Waals surface area contributed by atoms with Crippen LogP contribution in [0.3, 0.4) is 0 Å². The zero-order chi connectivity index (χ0) is 12.2. The fourth-order valence-corrected chi connectivity index (χ4v) is 3.42. The van der Waals surface area contributed by atoms with Crippen LogP contribution in [0.25, 0.3) is 0 Å². The third kappa shape index (κ3) is 2.74. The van der Waals surface area contributed by atoms with Gasteiger partial charge in [-0.2, -0.15) is 0 Å². The molecule has 0 radical (unpaired) electrons. The highest BCUT2D eigenvalue weighted by molar-refractivity contribution is 4.91. The molecule has 100 valence electrons. The van der Waals surface area contributed by atoms with E-state index in [1.54, 1.807) is 0 Å². The Hall–Kier alpha value is -0.900. The lowest BCUT2D eigenvalue weighted by Crippen LogP contribution is -2.27. The monoisotopic (exact) mass is 248 g/mol. The lowest BCUT2D eigenvalue weighted by Gasteiger charge is -2.24. The fraction of sp³-hybridized carbons (Fsp3) is 0.857. The average molecular weight is 248 g/mol. The third-order valence-corrected chi connectivity index (χ3v) is 4.52. The Morgan fingerprint density at radius 2 is 1.78 bits per heavy atom. The number of hydrogen-bond acceptors (Lipinski definition) is 3. The van der Waals surface area contributed by atoms with Gasteiger partial charge in [0, 0.05) is 12.1 Å². The Bertz CT molecular complexity index is 362. The number of rotatable bonds is 4. The predicted octanol–water partition coefficient (Wildman–Crippen LogP) is 2.82. The number of nitrogens with one attached hydrogen (secondary N) is 1. The Morgan fingerprint density at radius 1 is 1.06 bits per heavy atom. The molecule has 1 N–H and O–H groups in total. The van der Waals surface area contributed by atoms with Crippen molar-refractivity contribution in [1.82, 2.24) is 20.1 Å². The molecule has 0 saturated heterocycles. The van der Waals surface area contributed by atoms with Crippen molar-refractivity contribution in [3.8, 4) is 0 Å². The molecule has 0 atom stereocenters. The molecular weight excluding hydrogens is 224 g/mol. The quantitative estimate of drug-likeness (QED) is 0.891. The van der Waals surface area contributed by atoms with Gasteiger partial charge in [-0.15, -0.1) is 10.2 Å². The highest BCUT2D eigenvalue weighted by atomic mass is 15.3. The van der Waals surface area contributed by atoms with Crippen LogP contribution in [0.1, 0.15) is 69.7 Å². The first kappa shape index (κ1) is 12.2. The van der Waals surface area contributed by atoms with Crippen molar-refractivity contribution in [2.75, 3.05) is 0 Å². The molecule has 4 nitrogen and oxygen atoms in total. The van der Waals surface area contributed by atoms with E-state index in [4.69, 9.17) is 0 Å². The van der Waals surface area contributed by atoms with Crippen molar-refractivity contribution in [2.45, 2.75) is 76.4 Å². The minimum Gasteiger partial charge on any atom is -0.313 e. The summed E-state index contributed by atoms with van der Waals surface area (Å²) < 4.78 is 2.32. The van der Waals surface area contributed by atoms with E-state index < -0.39 is 0 Å². The first-order valence-corrected chi connectivity index (χ1v) is 7.55. The second-order valence-electron chi connectivity index (χ2n) is 5.81. The summed E-state index contributed by atoms with van der Waals surface area (Å²) in [7, 11) is 0. The number of aromatic nitrogens is 3. The van der Waals surface area contributed by atoms with Gasteiger partial charge in [-0.25, -0.2) is 0 Å². The van der Waals surface area contributed by atoms with Crippen molar-refractivity contribution >= 4 is 0 Å². The van der Waals surface area contributed by atoms with E-state index in [0.717, 1.165) is 12.4 Å². The van der Waals surface area contributed by atoms with Gasteiger partial charge < -0.3 is 9.88 Å². The molecule has 0 aliphatic heterocycles. The van der Waals surface area contributed by atoms with Crippen molar-refractivity contribution in [2.24, 2.45) is 0 Å². The van der Waals surface area contributed by atoms with Gasteiger partial charge in [0.25, 0.3) is 0 Å². The SMILES string of the molecule is c1nnc(CNC2CCCC2)n1C1CCCCC1. The van der Waals surface area contributed by atoms with Gasteiger partial charge in [0.1, 0.15) is 12.2 Å². The van der Waals surface area contributed by atoms with Crippen LogP contribution >= 0.6 is 0 Å². The van der Waals surface area contributed by atoms with Crippen molar-refractivity contribution in [3.05, 3.63) is 12.2 Å². The van der Waals surface area contributed by atoms with Crippen molar-refractivity contribution in [1.29, 1.82) is 0 Å². The summed E-state index contributed by atoms with van der Waals surface area (Å²) in [6.07, 6.45) is 14.1. The summed E-state index contributed by atoms with van der Waals surface area (Å²) in [4.78, 5) is 0. The molecule has 0 bridgehead atoms. The highest BCUT2D eigenvalue weighted by Crippen LogP contribution is 2.28. The van der Waals surface area contributed by atoms with E-state index in [0.29, 0.717) is 12.1 Å². The predicted molar refractivity (Wildman–Crippen MR) is 71.2 cm³/mol. The summed E-state index contributed by atoms with van der Waals surface area (Å²) in [6, 6.07) is 1.36. The zero-order valence-electron chi connectivity index (χ0n) is 11.1. The van der Waals surface area contributed by atoms with Crippen LogP contribution in [0.4, 0.5) is 0 Å². The number of hydrogen-bond donors (Lipinski definition) is 1. The molecule has 2 fully saturated rings. The summed E-state index contributed by atoms with van der Waals surface area (Å²) in [5.74, 6) is 1.13. The Kier molecular flexibility index (Phi) is 3.93. The maximum Gasteiger partial charge on any atom is 0.147 e. The molecule has 2 aliphatic rings. The molecule has 0 aromatic carbocycles. The summed E-state index contributed by atoms with van der Waals surface area (Å²) in [5.41, 5.74) is 0. The second-order valence-corrected chi connectivity index (χ2v) is 5.81. The van der Waals surface area contributed by atoms with Crippen LogP contribution in [0.5, 0.6) is 0 Å². The highest BCUT2D eigenvalue weighted by Gasteiger charge is 2.20. The molecule has 1 aromatic rings. The first-order valence-electron chi connectivity index (χ1n) is 7.55. The molecule has 1 heterocycles. The molecule has 0 unspecified atom stereocenters. The molecule has 2 saturated carbocycles. The molecule has 1 aromatic heterocycles. The van der Waals surface area contributed by atoms with Crippen LogP contribution in [-0.2, 0) is 6.54 Å². The molecule has 3 rings (SSSR count). The third-order valence-electron chi connectivity index (χ3n) is 4.52. The van der Waals surface area contributed by atoms with Gasteiger partial charge in [-0.3, -0.25) is 0 Å². The standard InChI is InChI=1S/C14H24N4/c1-2-8-13(9-3-1)18-11-16-17-14(18)10-15-12-6-4-5-7-12/h11-13,15H,1-10H2. The van der Waals surface area contributed by atoms with Gasteiger partial charge in [0.05, 0.1) is 6.54 Å². The van der Waals surface area contributed by atoms with Crippen LogP contribution < -0.4 is 5.32 Å². The zero-order valence-corrected chi connectivity index (χ0v) is 11.1. The summed E-state index contributed by atoms with van der Waals surface area (Å²) in [5, 5.41) is 12.1. The van der Waals surface area contributed by atoms with E-state index in [9.17, 15) is 0 Å². The Balaban J connectivity index is 1.59. The fourth-order valence-electron chi connectivity index (χ4n) is 3.42. The van der Waals surface area contributed by atoms with E-state index in [-0.39, 0.29) is 0 Å². The topological polar surface area (TPSA) is 42.7 Å². The van der Waals surface area contributed by atoms with Crippen LogP contribution in [0.15, 0.2) is 6.33 Å².